The van der Waals surface area contributed by atoms with Crippen molar-refractivity contribution < 1.29 is 9.94 Å². The van der Waals surface area contributed by atoms with Crippen LogP contribution in [0.5, 0.6) is 0 Å². The SMILES string of the molecule is COC1(/C(Cl)=N/O)CCCC1. The maximum absolute atomic E-state index is 8.47. The number of nitrogens with zero attached hydrogens (tertiary/aromatic N) is 1. The maximum Gasteiger partial charge on any atom is 0.177 e. The van der Waals surface area contributed by atoms with Crippen molar-refractivity contribution in [3.8, 4) is 0 Å². The number of ether oxygens (including phenoxy) is 1. The van der Waals surface area contributed by atoms with Crippen LogP contribution >= 0.6 is 11.6 Å². The van der Waals surface area contributed by atoms with Crippen LogP contribution in [0.4, 0.5) is 0 Å². The molecule has 0 bridgehead atoms. The van der Waals surface area contributed by atoms with Crippen molar-refractivity contribution in [3.63, 3.8) is 0 Å². The van der Waals surface area contributed by atoms with Crippen molar-refractivity contribution in [2.24, 2.45) is 5.16 Å². The molecular weight excluding hydrogens is 166 g/mol. The summed E-state index contributed by atoms with van der Waals surface area (Å²) in [5, 5.41) is 11.6. The van der Waals surface area contributed by atoms with E-state index in [0.717, 1.165) is 25.7 Å². The van der Waals surface area contributed by atoms with Crippen LogP contribution in [0.1, 0.15) is 25.7 Å². The Morgan fingerprint density at radius 3 is 2.45 bits per heavy atom. The van der Waals surface area contributed by atoms with Crippen LogP contribution in [-0.4, -0.2) is 23.1 Å². The first-order chi connectivity index (χ1) is 5.25. The number of hydrogen-bond donors (Lipinski definition) is 1. The van der Waals surface area contributed by atoms with E-state index in [4.69, 9.17) is 21.5 Å². The third kappa shape index (κ3) is 1.49. The van der Waals surface area contributed by atoms with Crippen molar-refractivity contribution >= 4 is 16.8 Å². The Labute approximate surface area is 71.0 Å². The lowest BCUT2D eigenvalue weighted by molar-refractivity contribution is 0.0561. The third-order valence-corrected chi connectivity index (χ3v) is 2.69. The molecule has 0 radical (unpaired) electrons. The molecular formula is C7H12ClNO2. The zero-order chi connectivity index (χ0) is 8.32. The fourth-order valence-corrected chi connectivity index (χ4v) is 1.80. The van der Waals surface area contributed by atoms with Crippen LogP contribution in [-0.2, 0) is 4.74 Å². The molecule has 0 amide bonds. The molecule has 0 aromatic rings. The summed E-state index contributed by atoms with van der Waals surface area (Å²) in [6.07, 6.45) is 3.87. The lowest BCUT2D eigenvalue weighted by Gasteiger charge is -2.23. The van der Waals surface area contributed by atoms with E-state index in [1.807, 2.05) is 0 Å². The quantitative estimate of drug-likeness (QED) is 0.398. The summed E-state index contributed by atoms with van der Waals surface area (Å²) in [6.45, 7) is 0. The van der Waals surface area contributed by atoms with Crippen molar-refractivity contribution in [1.29, 1.82) is 0 Å². The molecule has 0 aromatic heterocycles. The summed E-state index contributed by atoms with van der Waals surface area (Å²) in [5.74, 6) is 0. The number of rotatable bonds is 2. The minimum absolute atomic E-state index is 0.178. The van der Waals surface area contributed by atoms with Crippen LogP contribution in [0.25, 0.3) is 0 Å². The molecule has 64 valence electrons. The van der Waals surface area contributed by atoms with Crippen molar-refractivity contribution in [2.75, 3.05) is 7.11 Å². The second kappa shape index (κ2) is 3.41. The molecule has 0 atom stereocenters. The second-order valence-corrected chi connectivity index (χ2v) is 3.15. The topological polar surface area (TPSA) is 41.8 Å². The molecule has 1 aliphatic rings. The lowest BCUT2D eigenvalue weighted by Crippen LogP contribution is -2.34. The maximum atomic E-state index is 8.47. The van der Waals surface area contributed by atoms with Gasteiger partial charge in [-0.2, -0.15) is 0 Å². The highest BCUT2D eigenvalue weighted by atomic mass is 35.5. The van der Waals surface area contributed by atoms with E-state index in [0.29, 0.717) is 0 Å². The van der Waals surface area contributed by atoms with Gasteiger partial charge >= 0.3 is 0 Å². The molecule has 4 heteroatoms. The van der Waals surface area contributed by atoms with Gasteiger partial charge in [-0.25, -0.2) is 0 Å². The van der Waals surface area contributed by atoms with E-state index in [9.17, 15) is 0 Å². The molecule has 0 aliphatic heterocycles. The predicted molar refractivity (Wildman–Crippen MR) is 43.3 cm³/mol. The number of hydrogen-bond acceptors (Lipinski definition) is 3. The first kappa shape index (κ1) is 8.81. The van der Waals surface area contributed by atoms with Gasteiger partial charge in [-0.1, -0.05) is 29.6 Å². The Morgan fingerprint density at radius 2 is 2.09 bits per heavy atom. The van der Waals surface area contributed by atoms with Crippen LogP contribution in [0.3, 0.4) is 0 Å². The number of halogens is 1. The van der Waals surface area contributed by atoms with E-state index in [2.05, 4.69) is 5.16 Å². The molecule has 0 saturated heterocycles. The third-order valence-electron chi connectivity index (χ3n) is 2.27. The van der Waals surface area contributed by atoms with E-state index in [1.165, 1.54) is 0 Å². The van der Waals surface area contributed by atoms with Crippen molar-refractivity contribution in [2.45, 2.75) is 31.3 Å². The highest BCUT2D eigenvalue weighted by molar-refractivity contribution is 6.67. The average Bonchev–Trinajstić information content (AvgIpc) is 2.52. The zero-order valence-electron chi connectivity index (χ0n) is 6.51. The zero-order valence-corrected chi connectivity index (χ0v) is 7.26. The predicted octanol–water partition coefficient (Wildman–Crippen LogP) is 1.97. The summed E-state index contributed by atoms with van der Waals surface area (Å²) >= 11 is 5.70. The van der Waals surface area contributed by atoms with E-state index < -0.39 is 5.60 Å². The van der Waals surface area contributed by atoms with E-state index >= 15 is 0 Å². The highest BCUT2D eigenvalue weighted by Gasteiger charge is 2.38. The van der Waals surface area contributed by atoms with Gasteiger partial charge in [0.2, 0.25) is 0 Å². The minimum atomic E-state index is -0.490. The van der Waals surface area contributed by atoms with Crippen LogP contribution < -0.4 is 0 Å². The van der Waals surface area contributed by atoms with E-state index in [1.54, 1.807) is 7.11 Å². The largest absolute Gasteiger partial charge is 0.410 e. The van der Waals surface area contributed by atoms with Crippen molar-refractivity contribution in [3.05, 3.63) is 0 Å². The highest BCUT2D eigenvalue weighted by Crippen LogP contribution is 2.35. The molecule has 1 rings (SSSR count). The summed E-state index contributed by atoms with van der Waals surface area (Å²) < 4.78 is 5.23. The van der Waals surface area contributed by atoms with Gasteiger partial charge in [0.15, 0.2) is 5.17 Å². The van der Waals surface area contributed by atoms with Gasteiger partial charge in [0, 0.05) is 7.11 Å². The fraction of sp³-hybridized carbons (Fsp3) is 0.857. The first-order valence-electron chi connectivity index (χ1n) is 3.68. The van der Waals surface area contributed by atoms with Gasteiger partial charge in [-0.15, -0.1) is 0 Å². The monoisotopic (exact) mass is 177 g/mol. The second-order valence-electron chi connectivity index (χ2n) is 2.80. The molecule has 0 heterocycles. The minimum Gasteiger partial charge on any atom is -0.410 e. The Balaban J connectivity index is 2.74. The molecule has 1 aliphatic carbocycles. The smallest absolute Gasteiger partial charge is 0.177 e. The normalized spacial score (nSPS) is 24.0. The standard InChI is InChI=1S/C7H12ClNO2/c1-11-7(6(8)9-10)4-2-3-5-7/h10H,2-5H2,1H3/b9-6-. The summed E-state index contributed by atoms with van der Waals surface area (Å²) in [5.41, 5.74) is -0.490. The number of oxime groups is 1. The van der Waals surface area contributed by atoms with Gasteiger partial charge in [-0.3, -0.25) is 0 Å². The Bertz CT molecular complexity index is 164. The van der Waals surface area contributed by atoms with Gasteiger partial charge < -0.3 is 9.94 Å². The molecule has 3 nitrogen and oxygen atoms in total. The van der Waals surface area contributed by atoms with E-state index in [-0.39, 0.29) is 5.17 Å². The van der Waals surface area contributed by atoms with Gasteiger partial charge in [-0.05, 0) is 12.8 Å². The molecule has 1 saturated carbocycles. The summed E-state index contributed by atoms with van der Waals surface area (Å²) in [7, 11) is 1.60. The molecule has 0 spiro atoms. The van der Waals surface area contributed by atoms with Crippen LogP contribution in [0, 0.1) is 0 Å². The van der Waals surface area contributed by atoms with Gasteiger partial charge in [0.25, 0.3) is 0 Å². The fourth-order valence-electron chi connectivity index (χ4n) is 1.53. The lowest BCUT2D eigenvalue weighted by atomic mass is 10.0. The molecule has 0 unspecified atom stereocenters. The van der Waals surface area contributed by atoms with Gasteiger partial charge in [0.1, 0.15) is 5.60 Å². The van der Waals surface area contributed by atoms with Crippen LogP contribution in [0.15, 0.2) is 5.16 Å². The van der Waals surface area contributed by atoms with Crippen molar-refractivity contribution in [1.82, 2.24) is 0 Å². The molecule has 1 fully saturated rings. The average molecular weight is 178 g/mol. The number of methoxy groups -OCH3 is 1. The molecule has 11 heavy (non-hydrogen) atoms. The van der Waals surface area contributed by atoms with Crippen LogP contribution in [0.2, 0.25) is 0 Å². The molecule has 1 N–H and O–H groups in total. The Morgan fingerprint density at radius 1 is 1.55 bits per heavy atom. The first-order valence-corrected chi connectivity index (χ1v) is 4.06. The summed E-state index contributed by atoms with van der Waals surface area (Å²) in [6, 6.07) is 0. The summed E-state index contributed by atoms with van der Waals surface area (Å²) in [4.78, 5) is 0. The Hall–Kier alpha value is -0.280. The molecule has 0 aromatic carbocycles. The van der Waals surface area contributed by atoms with Gasteiger partial charge in [0.05, 0.1) is 0 Å². The Kier molecular flexibility index (Phi) is 2.73.